The number of anilines is 1. The summed E-state index contributed by atoms with van der Waals surface area (Å²) in [5.41, 5.74) is 5.72. The summed E-state index contributed by atoms with van der Waals surface area (Å²) in [5.74, 6) is 0.845. The Kier molecular flexibility index (Phi) is 5.69. The zero-order chi connectivity index (χ0) is 18.5. The van der Waals surface area contributed by atoms with Crippen molar-refractivity contribution in [1.82, 2.24) is 10.3 Å². The Morgan fingerprint density at radius 2 is 1.96 bits per heavy atom. The lowest BCUT2D eigenvalue weighted by molar-refractivity contribution is 0.353. The van der Waals surface area contributed by atoms with Crippen LogP contribution in [0.15, 0.2) is 54.6 Å². The van der Waals surface area contributed by atoms with E-state index < -0.39 is 0 Å². The molecule has 3 nitrogen and oxygen atoms in total. The van der Waals surface area contributed by atoms with Crippen molar-refractivity contribution >= 4 is 16.6 Å². The van der Waals surface area contributed by atoms with Crippen LogP contribution in [-0.4, -0.2) is 24.6 Å². The Labute approximate surface area is 162 Å². The van der Waals surface area contributed by atoms with Gasteiger partial charge in [0, 0.05) is 23.2 Å². The molecule has 1 saturated heterocycles. The molecule has 0 aliphatic carbocycles. The molecule has 2 aromatic carbocycles. The number of aryl methyl sites for hydroxylation is 1. The largest absolute Gasteiger partial charge is 0.384 e. The molecule has 140 valence electrons. The molecule has 0 bridgehead atoms. The Balaban J connectivity index is 1.50. The summed E-state index contributed by atoms with van der Waals surface area (Å²) in [7, 11) is 0. The number of benzene rings is 2. The third kappa shape index (κ3) is 4.48. The Bertz CT molecular complexity index is 880. The summed E-state index contributed by atoms with van der Waals surface area (Å²) >= 11 is 0. The molecule has 1 aliphatic heterocycles. The Morgan fingerprint density at radius 3 is 2.78 bits per heavy atom. The van der Waals surface area contributed by atoms with Crippen LogP contribution in [0.2, 0.25) is 0 Å². The van der Waals surface area contributed by atoms with Crippen LogP contribution in [0.4, 0.5) is 5.69 Å². The maximum Gasteiger partial charge on any atom is 0.0730 e. The zero-order valence-electron chi connectivity index (χ0n) is 16.2. The van der Waals surface area contributed by atoms with Crippen molar-refractivity contribution in [2.75, 3.05) is 25.0 Å². The number of pyridine rings is 1. The smallest absolute Gasteiger partial charge is 0.0730 e. The van der Waals surface area contributed by atoms with Crippen LogP contribution >= 0.6 is 0 Å². The van der Waals surface area contributed by atoms with Crippen molar-refractivity contribution in [2.24, 2.45) is 5.92 Å². The van der Waals surface area contributed by atoms with E-state index in [1.165, 1.54) is 61.0 Å². The van der Waals surface area contributed by atoms with Crippen molar-refractivity contribution in [2.45, 2.75) is 32.6 Å². The molecule has 0 spiro atoms. The fraction of sp³-hybridized carbons (Fsp3) is 0.375. The molecule has 2 N–H and O–H groups in total. The number of piperidine rings is 1. The highest BCUT2D eigenvalue weighted by atomic mass is 14.9. The second kappa shape index (κ2) is 8.53. The molecule has 4 rings (SSSR count). The summed E-state index contributed by atoms with van der Waals surface area (Å²) in [4.78, 5) is 4.89. The van der Waals surface area contributed by atoms with E-state index in [-0.39, 0.29) is 0 Å². The molecular weight excluding hydrogens is 330 g/mol. The van der Waals surface area contributed by atoms with Crippen molar-refractivity contribution in [3.63, 3.8) is 0 Å². The zero-order valence-corrected chi connectivity index (χ0v) is 16.2. The molecule has 1 aromatic heterocycles. The third-order valence-electron chi connectivity index (χ3n) is 5.57. The van der Waals surface area contributed by atoms with Crippen molar-refractivity contribution < 1.29 is 0 Å². The van der Waals surface area contributed by atoms with Gasteiger partial charge in [0.2, 0.25) is 0 Å². The monoisotopic (exact) mass is 359 g/mol. The van der Waals surface area contributed by atoms with E-state index in [4.69, 9.17) is 4.98 Å². The van der Waals surface area contributed by atoms with Gasteiger partial charge in [-0.3, -0.25) is 0 Å². The second-order valence-electron chi connectivity index (χ2n) is 7.72. The van der Waals surface area contributed by atoms with E-state index in [0.717, 1.165) is 23.7 Å². The molecule has 27 heavy (non-hydrogen) atoms. The van der Waals surface area contributed by atoms with Gasteiger partial charge in [0.05, 0.1) is 11.2 Å². The fourth-order valence-electron chi connectivity index (χ4n) is 3.98. The number of rotatable bonds is 6. The number of para-hydroxylation sites is 1. The third-order valence-corrected chi connectivity index (χ3v) is 5.57. The fourth-order valence-corrected chi connectivity index (χ4v) is 3.98. The molecule has 1 atom stereocenters. The van der Waals surface area contributed by atoms with Crippen LogP contribution in [0.1, 0.15) is 31.2 Å². The number of nitrogens with zero attached hydrogens (tertiary/aromatic N) is 1. The molecule has 0 amide bonds. The lowest BCUT2D eigenvalue weighted by Crippen LogP contribution is -2.29. The first-order chi connectivity index (χ1) is 13.3. The average molecular weight is 360 g/mol. The molecule has 1 fully saturated rings. The van der Waals surface area contributed by atoms with E-state index >= 15 is 0 Å². The lowest BCUT2D eigenvalue weighted by Gasteiger charge is -2.22. The van der Waals surface area contributed by atoms with Gasteiger partial charge in [-0.1, -0.05) is 48.0 Å². The first kappa shape index (κ1) is 18.0. The minimum absolute atomic E-state index is 0.845. The van der Waals surface area contributed by atoms with Crippen molar-refractivity contribution in [1.29, 1.82) is 0 Å². The minimum Gasteiger partial charge on any atom is -0.384 e. The predicted octanol–water partition coefficient (Wildman–Crippen LogP) is 5.40. The highest BCUT2D eigenvalue weighted by molar-refractivity contribution is 5.93. The van der Waals surface area contributed by atoms with Crippen LogP contribution in [0.5, 0.6) is 0 Å². The SMILES string of the molecule is Cc1ccc(-c2cc(NCCCC3CCCNC3)c3ccccc3n2)cc1. The van der Waals surface area contributed by atoms with Gasteiger partial charge < -0.3 is 10.6 Å². The summed E-state index contributed by atoms with van der Waals surface area (Å²) < 4.78 is 0. The van der Waals surface area contributed by atoms with E-state index in [9.17, 15) is 0 Å². The second-order valence-corrected chi connectivity index (χ2v) is 7.72. The minimum atomic E-state index is 0.845. The maximum absolute atomic E-state index is 4.89. The van der Waals surface area contributed by atoms with Gasteiger partial charge in [0.15, 0.2) is 0 Å². The molecule has 0 saturated carbocycles. The Morgan fingerprint density at radius 1 is 1.11 bits per heavy atom. The van der Waals surface area contributed by atoms with Gasteiger partial charge in [-0.2, -0.15) is 0 Å². The van der Waals surface area contributed by atoms with Crippen molar-refractivity contribution in [3.05, 3.63) is 60.2 Å². The molecular formula is C24H29N3. The van der Waals surface area contributed by atoms with Gasteiger partial charge >= 0.3 is 0 Å². The molecule has 3 aromatic rings. The number of nitrogens with one attached hydrogen (secondary N) is 2. The van der Waals surface area contributed by atoms with Crippen LogP contribution in [-0.2, 0) is 0 Å². The van der Waals surface area contributed by atoms with Crippen LogP contribution in [0.3, 0.4) is 0 Å². The first-order valence-electron chi connectivity index (χ1n) is 10.2. The summed E-state index contributed by atoms with van der Waals surface area (Å²) in [6.07, 6.45) is 5.21. The number of hydrogen-bond acceptors (Lipinski definition) is 3. The van der Waals surface area contributed by atoms with Crippen LogP contribution in [0.25, 0.3) is 22.2 Å². The topological polar surface area (TPSA) is 37.0 Å². The van der Waals surface area contributed by atoms with Crippen molar-refractivity contribution in [3.8, 4) is 11.3 Å². The van der Waals surface area contributed by atoms with E-state index in [0.29, 0.717) is 0 Å². The molecule has 2 heterocycles. The highest BCUT2D eigenvalue weighted by Crippen LogP contribution is 2.28. The summed E-state index contributed by atoms with van der Waals surface area (Å²) in [6, 6.07) is 19.2. The predicted molar refractivity (Wildman–Crippen MR) is 115 cm³/mol. The quantitative estimate of drug-likeness (QED) is 0.579. The van der Waals surface area contributed by atoms with E-state index in [2.05, 4.69) is 72.2 Å². The summed E-state index contributed by atoms with van der Waals surface area (Å²) in [5, 5.41) is 8.41. The number of fused-ring (bicyclic) bond motifs is 1. The van der Waals surface area contributed by atoms with Gasteiger partial charge in [-0.25, -0.2) is 4.98 Å². The first-order valence-corrected chi connectivity index (χ1v) is 10.2. The molecule has 3 heteroatoms. The van der Waals surface area contributed by atoms with Gasteiger partial charge in [-0.05, 0) is 63.7 Å². The van der Waals surface area contributed by atoms with Gasteiger partial charge in [0.25, 0.3) is 0 Å². The van der Waals surface area contributed by atoms with E-state index in [1.807, 2.05) is 0 Å². The number of aromatic nitrogens is 1. The summed E-state index contributed by atoms with van der Waals surface area (Å²) in [6.45, 7) is 5.51. The number of hydrogen-bond donors (Lipinski definition) is 2. The van der Waals surface area contributed by atoms with Crippen LogP contribution in [0, 0.1) is 12.8 Å². The van der Waals surface area contributed by atoms with E-state index in [1.54, 1.807) is 0 Å². The standard InChI is InChI=1S/C24H29N3/c1-18-10-12-20(13-11-18)23-16-24(21-8-2-3-9-22(21)27-23)26-15-5-7-19-6-4-14-25-17-19/h2-3,8-13,16,19,25H,4-7,14-15,17H2,1H3,(H,26,27). The maximum atomic E-state index is 4.89. The average Bonchev–Trinajstić information content (AvgIpc) is 2.72. The highest BCUT2D eigenvalue weighted by Gasteiger charge is 2.12. The molecule has 1 aliphatic rings. The van der Waals surface area contributed by atoms with Gasteiger partial charge in [0.1, 0.15) is 0 Å². The molecule has 1 unspecified atom stereocenters. The molecule has 0 radical (unpaired) electrons. The Hall–Kier alpha value is -2.39. The normalized spacial score (nSPS) is 17.1. The lowest BCUT2D eigenvalue weighted by atomic mass is 9.95. The van der Waals surface area contributed by atoms with Gasteiger partial charge in [-0.15, -0.1) is 0 Å². The van der Waals surface area contributed by atoms with Crippen LogP contribution < -0.4 is 10.6 Å².